The lowest BCUT2D eigenvalue weighted by Crippen LogP contribution is -2.21. The lowest BCUT2D eigenvalue weighted by Gasteiger charge is -2.16. The third-order valence-corrected chi connectivity index (χ3v) is 3.44. The van der Waals surface area contributed by atoms with Gasteiger partial charge in [0.15, 0.2) is 0 Å². The van der Waals surface area contributed by atoms with Crippen molar-refractivity contribution in [2.24, 2.45) is 10.1 Å². The lowest BCUT2D eigenvalue weighted by atomic mass is 10.2. The molecule has 0 bridgehead atoms. The molecule has 1 aliphatic rings. The molecular formula is C9H8ClFN2O3S. The number of ether oxygens (including phenoxy) is 1. The van der Waals surface area contributed by atoms with E-state index in [1.54, 1.807) is 0 Å². The van der Waals surface area contributed by atoms with E-state index in [4.69, 9.17) is 22.1 Å². The Morgan fingerprint density at radius 2 is 2.18 bits per heavy atom. The number of rotatable bonds is 2. The van der Waals surface area contributed by atoms with E-state index in [9.17, 15) is 12.8 Å². The molecule has 1 aliphatic heterocycles. The van der Waals surface area contributed by atoms with Crippen LogP contribution in [0.1, 0.15) is 12.5 Å². The smallest absolute Gasteiger partial charge is 0.324 e. The minimum absolute atomic E-state index is 0.0389. The molecule has 0 aromatic heterocycles. The van der Waals surface area contributed by atoms with Crippen LogP contribution in [0.25, 0.3) is 0 Å². The Balaban J connectivity index is 2.61. The molecule has 1 heterocycles. The maximum absolute atomic E-state index is 13.2. The number of amidine groups is 1. The van der Waals surface area contributed by atoms with Gasteiger partial charge >= 0.3 is 5.31 Å². The van der Waals surface area contributed by atoms with Gasteiger partial charge in [-0.25, -0.2) is 0 Å². The van der Waals surface area contributed by atoms with Crippen molar-refractivity contribution in [1.29, 1.82) is 0 Å². The van der Waals surface area contributed by atoms with E-state index in [1.165, 1.54) is 18.2 Å². The molecule has 5 nitrogen and oxygen atoms in total. The second kappa shape index (κ2) is 3.58. The summed E-state index contributed by atoms with van der Waals surface area (Å²) < 4.78 is 44.3. The highest BCUT2D eigenvalue weighted by Crippen LogP contribution is 2.34. The summed E-state index contributed by atoms with van der Waals surface area (Å²) in [5, 5.41) is -2.46. The second-order valence-corrected chi connectivity index (χ2v) is 5.74. The monoisotopic (exact) mass is 278 g/mol. The van der Waals surface area contributed by atoms with Crippen LogP contribution in [0, 0.1) is 0 Å². The van der Waals surface area contributed by atoms with E-state index in [0.29, 0.717) is 0 Å². The fourth-order valence-electron chi connectivity index (χ4n) is 1.48. The highest BCUT2D eigenvalue weighted by molar-refractivity contribution is 7.90. The van der Waals surface area contributed by atoms with Crippen LogP contribution in [0.15, 0.2) is 27.5 Å². The van der Waals surface area contributed by atoms with Gasteiger partial charge in [0.05, 0.1) is 5.56 Å². The molecule has 8 heteroatoms. The van der Waals surface area contributed by atoms with Gasteiger partial charge in [0, 0.05) is 6.92 Å². The van der Waals surface area contributed by atoms with Crippen molar-refractivity contribution in [3.63, 3.8) is 0 Å². The van der Waals surface area contributed by atoms with Crippen molar-refractivity contribution in [1.82, 2.24) is 0 Å². The van der Waals surface area contributed by atoms with Crippen LogP contribution in [0.3, 0.4) is 0 Å². The first-order chi connectivity index (χ1) is 7.71. The summed E-state index contributed by atoms with van der Waals surface area (Å²) in [4.78, 5) is -0.117. The number of sulfonamides is 1. The van der Waals surface area contributed by atoms with Crippen molar-refractivity contribution in [3.8, 4) is 5.75 Å². The molecule has 2 rings (SSSR count). The number of hydrogen-bond acceptors (Lipinski definition) is 4. The third kappa shape index (κ3) is 2.20. The molecule has 1 aromatic rings. The van der Waals surface area contributed by atoms with Gasteiger partial charge < -0.3 is 10.5 Å². The molecule has 92 valence electrons. The Hall–Kier alpha value is -1.34. The van der Waals surface area contributed by atoms with E-state index in [2.05, 4.69) is 4.40 Å². The highest BCUT2D eigenvalue weighted by Gasteiger charge is 2.32. The maximum atomic E-state index is 13.2. The second-order valence-electron chi connectivity index (χ2n) is 3.49. The maximum Gasteiger partial charge on any atom is 0.324 e. The zero-order valence-corrected chi connectivity index (χ0v) is 10.2. The number of benzene rings is 1. The Morgan fingerprint density at radius 3 is 2.76 bits per heavy atom. The number of nitrogens with zero attached hydrogens (tertiary/aromatic N) is 1. The van der Waals surface area contributed by atoms with Crippen molar-refractivity contribution in [3.05, 3.63) is 23.8 Å². The molecule has 0 saturated carbocycles. The van der Waals surface area contributed by atoms with Gasteiger partial charge in [-0.1, -0.05) is 6.07 Å². The van der Waals surface area contributed by atoms with Gasteiger partial charge in [-0.2, -0.15) is 12.8 Å². The molecule has 1 atom stereocenters. The van der Waals surface area contributed by atoms with Gasteiger partial charge in [0.1, 0.15) is 16.5 Å². The summed E-state index contributed by atoms with van der Waals surface area (Å²) in [5.41, 5.74) is 5.51. The first-order valence-electron chi connectivity index (χ1n) is 4.51. The molecular weight excluding hydrogens is 271 g/mol. The largest absolute Gasteiger partial charge is 0.444 e. The van der Waals surface area contributed by atoms with Crippen molar-refractivity contribution in [2.45, 2.75) is 17.1 Å². The Bertz CT molecular complexity index is 607. The molecule has 0 fully saturated rings. The molecule has 0 radical (unpaired) electrons. The van der Waals surface area contributed by atoms with Gasteiger partial charge in [-0.05, 0) is 23.7 Å². The van der Waals surface area contributed by atoms with Crippen LogP contribution >= 0.6 is 11.6 Å². The van der Waals surface area contributed by atoms with Crippen LogP contribution in [0.2, 0.25) is 0 Å². The summed E-state index contributed by atoms with van der Waals surface area (Å²) in [7, 11) is -3.82. The highest BCUT2D eigenvalue weighted by atomic mass is 35.5. The average Bonchev–Trinajstić information content (AvgIpc) is 2.35. The van der Waals surface area contributed by atoms with E-state index in [0.717, 1.165) is 6.92 Å². The average molecular weight is 279 g/mol. The van der Waals surface area contributed by atoms with Crippen LogP contribution in [-0.4, -0.2) is 19.6 Å². The topological polar surface area (TPSA) is 81.8 Å². The summed E-state index contributed by atoms with van der Waals surface area (Å²) in [6, 6.07) is 4.06. The molecule has 0 amide bonds. The first-order valence-corrected chi connectivity index (χ1v) is 6.33. The number of hydrogen-bond donors (Lipinski definition) is 1. The minimum atomic E-state index is -3.82. The van der Waals surface area contributed by atoms with Crippen LogP contribution in [0.4, 0.5) is 4.39 Å². The predicted octanol–water partition coefficient (Wildman–Crippen LogP) is 1.35. The summed E-state index contributed by atoms with van der Waals surface area (Å²) in [6.45, 7) is 0.977. The molecule has 17 heavy (non-hydrogen) atoms. The summed E-state index contributed by atoms with van der Waals surface area (Å²) in [5.74, 6) is -0.304. The van der Waals surface area contributed by atoms with Gasteiger partial charge in [0.25, 0.3) is 10.0 Å². The van der Waals surface area contributed by atoms with E-state index >= 15 is 0 Å². The summed E-state index contributed by atoms with van der Waals surface area (Å²) in [6.07, 6.45) is 0. The third-order valence-electron chi connectivity index (χ3n) is 2.03. The molecule has 0 spiro atoms. The zero-order chi connectivity index (χ0) is 12.8. The summed E-state index contributed by atoms with van der Waals surface area (Å²) >= 11 is 5.27. The van der Waals surface area contributed by atoms with Crippen molar-refractivity contribution in [2.75, 3.05) is 0 Å². The molecule has 2 N–H and O–H groups in total. The number of fused-ring (bicyclic) bond motifs is 1. The fourth-order valence-corrected chi connectivity index (χ4v) is 2.73. The van der Waals surface area contributed by atoms with Gasteiger partial charge in [-0.3, -0.25) is 0 Å². The van der Waals surface area contributed by atoms with Crippen LogP contribution in [-0.2, 0) is 10.0 Å². The van der Waals surface area contributed by atoms with Crippen molar-refractivity contribution < 1.29 is 17.5 Å². The standard InChI is InChI=1S/C9H8ClFN2O3S/c1-9(10,11)16-5-3-2-4-6-7(5)8(12)13-17(6,14)15/h2-4H,1H3,(H2,12,13). The van der Waals surface area contributed by atoms with E-state index in [1.807, 2.05) is 0 Å². The molecule has 1 unspecified atom stereocenters. The predicted molar refractivity (Wildman–Crippen MR) is 60.3 cm³/mol. The molecule has 0 saturated heterocycles. The van der Waals surface area contributed by atoms with Crippen molar-refractivity contribution >= 4 is 27.5 Å². The normalized spacial score (nSPS) is 20.3. The number of halogens is 2. The van der Waals surface area contributed by atoms with Crippen LogP contribution in [0.5, 0.6) is 5.75 Å². The minimum Gasteiger partial charge on any atom is -0.444 e. The molecule has 1 aromatic carbocycles. The Labute approximate surface area is 102 Å². The SMILES string of the molecule is CC(F)(Cl)Oc1cccc2c1C(N)=NS2(=O)=O. The van der Waals surface area contributed by atoms with Crippen LogP contribution < -0.4 is 10.5 Å². The first kappa shape index (κ1) is 12.1. The quantitative estimate of drug-likeness (QED) is 0.828. The number of nitrogens with two attached hydrogens (primary N) is 1. The van der Waals surface area contributed by atoms with E-state index < -0.39 is 15.3 Å². The number of alkyl halides is 2. The Morgan fingerprint density at radius 1 is 1.53 bits per heavy atom. The fraction of sp³-hybridized carbons (Fsp3) is 0.222. The molecule has 0 aliphatic carbocycles. The van der Waals surface area contributed by atoms with E-state index in [-0.39, 0.29) is 22.0 Å². The van der Waals surface area contributed by atoms with Gasteiger partial charge in [0.2, 0.25) is 0 Å². The zero-order valence-electron chi connectivity index (χ0n) is 8.65. The van der Waals surface area contributed by atoms with Gasteiger partial charge in [-0.15, -0.1) is 4.40 Å². The lowest BCUT2D eigenvalue weighted by molar-refractivity contribution is 0.0395. The Kier molecular flexibility index (Phi) is 2.55.